The van der Waals surface area contributed by atoms with E-state index in [4.69, 9.17) is 0 Å². The third-order valence-corrected chi connectivity index (χ3v) is 5.10. The summed E-state index contributed by atoms with van der Waals surface area (Å²) in [5, 5.41) is 0. The van der Waals surface area contributed by atoms with E-state index in [0.29, 0.717) is 11.8 Å². The lowest BCUT2D eigenvalue weighted by molar-refractivity contribution is 0.0631. The van der Waals surface area contributed by atoms with Crippen molar-refractivity contribution in [1.29, 1.82) is 0 Å². The number of hydrogen-bond donors (Lipinski definition) is 0. The maximum absolute atomic E-state index is 12.2. The van der Waals surface area contributed by atoms with Crippen molar-refractivity contribution >= 4 is 5.78 Å². The normalized spacial score (nSPS) is 22.2. The van der Waals surface area contributed by atoms with Gasteiger partial charge in [0.25, 0.3) is 0 Å². The monoisotopic (exact) mass is 287 g/mol. The third-order valence-electron chi connectivity index (χ3n) is 5.10. The molecular weight excluding hydrogens is 258 g/mol. The van der Waals surface area contributed by atoms with Crippen LogP contribution < -0.4 is 0 Å². The molecule has 1 atom stereocenters. The van der Waals surface area contributed by atoms with Crippen molar-refractivity contribution in [2.24, 2.45) is 11.3 Å². The molecule has 0 spiro atoms. The van der Waals surface area contributed by atoms with Gasteiger partial charge in [-0.15, -0.1) is 0 Å². The number of nitrogens with zero attached hydrogens (tertiary/aromatic N) is 1. The van der Waals surface area contributed by atoms with Gasteiger partial charge in [0.1, 0.15) is 0 Å². The highest BCUT2D eigenvalue weighted by atomic mass is 16.1. The first-order valence-electron chi connectivity index (χ1n) is 8.21. The van der Waals surface area contributed by atoms with E-state index in [1.54, 1.807) is 0 Å². The summed E-state index contributed by atoms with van der Waals surface area (Å²) in [5.74, 6) is 1.07. The Morgan fingerprint density at radius 1 is 1.29 bits per heavy atom. The lowest BCUT2D eigenvalue weighted by Crippen LogP contribution is -2.45. The first-order valence-corrected chi connectivity index (χ1v) is 8.21. The molecule has 0 N–H and O–H groups in total. The number of hydrogen-bond acceptors (Lipinski definition) is 2. The first-order chi connectivity index (χ1) is 9.88. The molecule has 0 bridgehead atoms. The van der Waals surface area contributed by atoms with E-state index in [2.05, 4.69) is 25.7 Å². The minimum atomic E-state index is 0.277. The van der Waals surface area contributed by atoms with Crippen LogP contribution in [-0.2, 0) is 0 Å². The van der Waals surface area contributed by atoms with Gasteiger partial charge in [-0.2, -0.15) is 0 Å². The van der Waals surface area contributed by atoms with Crippen LogP contribution >= 0.6 is 0 Å². The van der Waals surface area contributed by atoms with Gasteiger partial charge in [-0.3, -0.25) is 4.79 Å². The molecule has 1 aromatic rings. The predicted molar refractivity (Wildman–Crippen MR) is 88.7 cm³/mol. The van der Waals surface area contributed by atoms with Crippen LogP contribution in [0.2, 0.25) is 0 Å². The molecule has 1 unspecified atom stereocenters. The summed E-state index contributed by atoms with van der Waals surface area (Å²) in [6.45, 7) is 12.5. The zero-order valence-corrected chi connectivity index (χ0v) is 14.0. The second kappa shape index (κ2) is 6.74. The van der Waals surface area contributed by atoms with Crippen LogP contribution in [0.15, 0.2) is 24.3 Å². The summed E-state index contributed by atoms with van der Waals surface area (Å²) in [6, 6.07) is 7.93. The number of likely N-dealkylation sites (tertiary alicyclic amines) is 1. The molecule has 1 saturated heterocycles. The van der Waals surface area contributed by atoms with Crippen molar-refractivity contribution in [3.05, 3.63) is 35.4 Å². The minimum absolute atomic E-state index is 0.277. The van der Waals surface area contributed by atoms with Crippen LogP contribution in [0.5, 0.6) is 0 Å². The van der Waals surface area contributed by atoms with Crippen molar-refractivity contribution in [3.8, 4) is 0 Å². The number of Topliss-reactive ketones (excluding diaryl/α,β-unsaturated/α-hetero) is 1. The van der Waals surface area contributed by atoms with Gasteiger partial charge in [0.05, 0.1) is 0 Å². The van der Waals surface area contributed by atoms with Crippen LogP contribution in [0.4, 0.5) is 0 Å². The highest BCUT2D eigenvalue weighted by Gasteiger charge is 2.32. The summed E-state index contributed by atoms with van der Waals surface area (Å²) in [7, 11) is 0. The highest BCUT2D eigenvalue weighted by Crippen LogP contribution is 2.34. The Labute approximate surface area is 129 Å². The number of aryl methyl sites for hydroxylation is 1. The van der Waals surface area contributed by atoms with Gasteiger partial charge in [-0.25, -0.2) is 0 Å². The van der Waals surface area contributed by atoms with Crippen LogP contribution in [0, 0.1) is 18.3 Å². The maximum atomic E-state index is 12.2. The molecule has 1 heterocycles. The van der Waals surface area contributed by atoms with Crippen molar-refractivity contribution < 1.29 is 4.79 Å². The van der Waals surface area contributed by atoms with Gasteiger partial charge in [0, 0.05) is 18.5 Å². The Hall–Kier alpha value is -1.15. The molecule has 1 aliphatic rings. The molecule has 1 fully saturated rings. The topological polar surface area (TPSA) is 20.3 Å². The molecule has 1 aromatic carbocycles. The van der Waals surface area contributed by atoms with Crippen molar-refractivity contribution in [1.82, 2.24) is 4.90 Å². The predicted octanol–water partition coefficient (Wildman–Crippen LogP) is 4.33. The second-order valence-corrected chi connectivity index (χ2v) is 7.35. The number of carbonyl (C=O) groups is 1. The van der Waals surface area contributed by atoms with Crippen LogP contribution in [-0.4, -0.2) is 30.3 Å². The fourth-order valence-corrected chi connectivity index (χ4v) is 3.12. The fourth-order valence-electron chi connectivity index (χ4n) is 3.12. The van der Waals surface area contributed by atoms with Gasteiger partial charge < -0.3 is 4.90 Å². The van der Waals surface area contributed by atoms with Crippen LogP contribution in [0.3, 0.4) is 0 Å². The lowest BCUT2D eigenvalue weighted by atomic mass is 9.75. The van der Waals surface area contributed by atoms with Crippen LogP contribution in [0.1, 0.15) is 56.0 Å². The Bertz CT molecular complexity index is 475. The Morgan fingerprint density at radius 2 is 1.95 bits per heavy atom. The molecule has 2 nitrogen and oxygen atoms in total. The number of carbonyl (C=O) groups excluding carboxylic acids is 1. The van der Waals surface area contributed by atoms with E-state index in [1.807, 2.05) is 31.2 Å². The molecule has 0 radical (unpaired) electrons. The largest absolute Gasteiger partial charge is 0.303 e. The SMILES string of the molecule is Cc1ccc(C(=O)CCCN2CCC(C)C(C)(C)C2)cc1. The van der Waals surface area contributed by atoms with E-state index >= 15 is 0 Å². The third kappa shape index (κ3) is 4.41. The number of benzene rings is 1. The average molecular weight is 287 g/mol. The summed E-state index contributed by atoms with van der Waals surface area (Å²) in [6.07, 6.45) is 2.91. The van der Waals surface area contributed by atoms with Crippen molar-refractivity contribution in [3.63, 3.8) is 0 Å². The molecule has 0 amide bonds. The molecule has 0 aliphatic carbocycles. The molecule has 2 rings (SSSR count). The van der Waals surface area contributed by atoms with Gasteiger partial charge in [-0.1, -0.05) is 50.6 Å². The zero-order valence-electron chi connectivity index (χ0n) is 14.0. The van der Waals surface area contributed by atoms with Gasteiger partial charge >= 0.3 is 0 Å². The highest BCUT2D eigenvalue weighted by molar-refractivity contribution is 5.96. The average Bonchev–Trinajstić information content (AvgIpc) is 2.43. The summed E-state index contributed by atoms with van der Waals surface area (Å²) < 4.78 is 0. The maximum Gasteiger partial charge on any atom is 0.162 e. The number of rotatable bonds is 5. The first kappa shape index (κ1) is 16.2. The molecule has 2 heteroatoms. The fraction of sp³-hybridized carbons (Fsp3) is 0.632. The van der Waals surface area contributed by atoms with Crippen molar-refractivity contribution in [2.75, 3.05) is 19.6 Å². The standard InChI is InChI=1S/C19H29NO/c1-15-7-9-17(10-8-15)18(21)6-5-12-20-13-11-16(2)19(3,4)14-20/h7-10,16H,5-6,11-14H2,1-4H3. The molecule has 21 heavy (non-hydrogen) atoms. The molecule has 0 aromatic heterocycles. The van der Waals surface area contributed by atoms with E-state index in [0.717, 1.165) is 31.0 Å². The van der Waals surface area contributed by atoms with Crippen LogP contribution in [0.25, 0.3) is 0 Å². The van der Waals surface area contributed by atoms with Crippen molar-refractivity contribution in [2.45, 2.75) is 47.0 Å². The Morgan fingerprint density at radius 3 is 2.57 bits per heavy atom. The van der Waals surface area contributed by atoms with E-state index in [9.17, 15) is 4.79 Å². The van der Waals surface area contributed by atoms with Gasteiger partial charge in [0.2, 0.25) is 0 Å². The number of ketones is 1. The summed E-state index contributed by atoms with van der Waals surface area (Å²) >= 11 is 0. The summed E-state index contributed by atoms with van der Waals surface area (Å²) in [5.41, 5.74) is 2.46. The minimum Gasteiger partial charge on any atom is -0.303 e. The molecule has 0 saturated carbocycles. The smallest absolute Gasteiger partial charge is 0.162 e. The van der Waals surface area contributed by atoms with E-state index in [-0.39, 0.29) is 5.78 Å². The number of piperidine rings is 1. The summed E-state index contributed by atoms with van der Waals surface area (Å²) in [4.78, 5) is 14.7. The Kier molecular flexibility index (Phi) is 5.21. The zero-order chi connectivity index (χ0) is 15.5. The quantitative estimate of drug-likeness (QED) is 0.751. The van der Waals surface area contributed by atoms with Gasteiger partial charge in [-0.05, 0) is 44.2 Å². The molecule has 116 valence electrons. The van der Waals surface area contributed by atoms with E-state index in [1.165, 1.54) is 18.5 Å². The van der Waals surface area contributed by atoms with E-state index < -0.39 is 0 Å². The molecular formula is C19H29NO. The Balaban J connectivity index is 1.77. The van der Waals surface area contributed by atoms with Gasteiger partial charge in [0.15, 0.2) is 5.78 Å². The lowest BCUT2D eigenvalue weighted by Gasteiger charge is -2.43. The molecule has 1 aliphatic heterocycles. The second-order valence-electron chi connectivity index (χ2n) is 7.35.